The molecule has 7 nitrogen and oxygen atoms in total. The molecule has 4 rings (SSSR count). The number of nitrogens with zero attached hydrogens (tertiary/aromatic N) is 1. The Balaban J connectivity index is 1.24. The van der Waals surface area contributed by atoms with E-state index in [0.717, 1.165) is 30.2 Å². The Morgan fingerprint density at radius 3 is 2.96 bits per heavy atom. The maximum Gasteiger partial charge on any atom is 0.238 e. The van der Waals surface area contributed by atoms with Crippen molar-refractivity contribution < 1.29 is 23.7 Å². The van der Waals surface area contributed by atoms with Gasteiger partial charge >= 0.3 is 0 Å². The summed E-state index contributed by atoms with van der Waals surface area (Å²) in [5.41, 5.74) is 1.11. The van der Waals surface area contributed by atoms with Crippen LogP contribution in [0.4, 0.5) is 0 Å². The molecule has 3 unspecified atom stereocenters. The lowest BCUT2D eigenvalue weighted by Crippen LogP contribution is -2.37. The first kappa shape index (κ1) is 15.7. The first-order chi connectivity index (χ1) is 11.5. The molecule has 3 aliphatic rings. The first-order valence-corrected chi connectivity index (χ1v) is 8.22. The van der Waals surface area contributed by atoms with Crippen molar-refractivity contribution in [1.29, 1.82) is 0 Å². The summed E-state index contributed by atoms with van der Waals surface area (Å²) in [6.45, 7) is 6.52. The smallest absolute Gasteiger partial charge is 0.238 e. The van der Waals surface area contributed by atoms with Gasteiger partial charge in [0.25, 0.3) is 0 Å². The normalized spacial score (nSPS) is 29.5. The molecule has 1 amide bonds. The number of carbonyl (C=O) groups excluding carboxylic acids is 1. The molecule has 1 N–H and O–H groups in total. The second-order valence-electron chi connectivity index (χ2n) is 6.83. The van der Waals surface area contributed by atoms with Gasteiger partial charge in [-0.3, -0.25) is 9.69 Å². The molecule has 1 aromatic rings. The molecule has 0 aliphatic carbocycles. The number of ether oxygens (including phenoxy) is 4. The summed E-state index contributed by atoms with van der Waals surface area (Å²) >= 11 is 0. The third kappa shape index (κ3) is 3.33. The summed E-state index contributed by atoms with van der Waals surface area (Å²) in [5, 5.41) is 2.95. The molecule has 3 atom stereocenters. The fourth-order valence-electron chi connectivity index (χ4n) is 3.07. The summed E-state index contributed by atoms with van der Waals surface area (Å²) in [6.07, 6.45) is -0.0787. The number of rotatable bonds is 5. The lowest BCUT2D eigenvalue weighted by molar-refractivity contribution is -0.139. The average Bonchev–Trinajstić information content (AvgIpc) is 2.99. The van der Waals surface area contributed by atoms with E-state index in [9.17, 15) is 4.79 Å². The maximum atomic E-state index is 12.2. The minimum Gasteiger partial charge on any atom is -0.454 e. The van der Waals surface area contributed by atoms with Gasteiger partial charge < -0.3 is 24.3 Å². The molecule has 0 aromatic heterocycles. The second-order valence-corrected chi connectivity index (χ2v) is 6.83. The van der Waals surface area contributed by atoms with Crippen LogP contribution < -0.4 is 14.8 Å². The SMILES string of the molecule is CC1(C)OCC(CNC(=O)C2CN2Cc2ccc3c(c2)OCO3)O1. The zero-order valence-electron chi connectivity index (χ0n) is 13.9. The van der Waals surface area contributed by atoms with Crippen LogP contribution in [-0.4, -0.2) is 55.2 Å². The molecule has 24 heavy (non-hydrogen) atoms. The number of nitrogens with one attached hydrogen (secondary N) is 1. The lowest BCUT2D eigenvalue weighted by atomic mass is 10.2. The molecule has 7 heteroatoms. The van der Waals surface area contributed by atoms with Crippen molar-refractivity contribution in [3.63, 3.8) is 0 Å². The van der Waals surface area contributed by atoms with Crippen molar-refractivity contribution >= 4 is 5.91 Å². The van der Waals surface area contributed by atoms with Crippen LogP contribution in [0.25, 0.3) is 0 Å². The standard InChI is InChI=1S/C17H22N2O5/c1-17(2)23-9-12(24-17)6-18-16(20)13-8-19(13)7-11-3-4-14-15(5-11)22-10-21-14/h3-5,12-13H,6-10H2,1-2H3,(H,18,20). The van der Waals surface area contributed by atoms with Crippen molar-refractivity contribution in [3.05, 3.63) is 23.8 Å². The Morgan fingerprint density at radius 2 is 2.17 bits per heavy atom. The van der Waals surface area contributed by atoms with Crippen LogP contribution in [0, 0.1) is 0 Å². The van der Waals surface area contributed by atoms with Crippen LogP contribution in [-0.2, 0) is 20.8 Å². The van der Waals surface area contributed by atoms with Crippen molar-refractivity contribution in [2.75, 3.05) is 26.5 Å². The van der Waals surface area contributed by atoms with Crippen LogP contribution in [0.2, 0.25) is 0 Å². The summed E-state index contributed by atoms with van der Waals surface area (Å²) in [5.74, 6) is 1.04. The van der Waals surface area contributed by atoms with Crippen LogP contribution in [0.3, 0.4) is 0 Å². The van der Waals surface area contributed by atoms with E-state index in [4.69, 9.17) is 18.9 Å². The van der Waals surface area contributed by atoms with Gasteiger partial charge in [0.15, 0.2) is 17.3 Å². The third-order valence-corrected chi connectivity index (χ3v) is 4.41. The summed E-state index contributed by atoms with van der Waals surface area (Å²) in [6, 6.07) is 5.83. The molecule has 3 heterocycles. The molecule has 0 saturated carbocycles. The third-order valence-electron chi connectivity index (χ3n) is 4.41. The number of hydrogen-bond donors (Lipinski definition) is 1. The molecule has 0 radical (unpaired) electrons. The van der Waals surface area contributed by atoms with E-state index in [1.165, 1.54) is 0 Å². The minimum atomic E-state index is -0.555. The highest BCUT2D eigenvalue weighted by Gasteiger charge is 2.41. The van der Waals surface area contributed by atoms with Gasteiger partial charge in [0.05, 0.1) is 6.61 Å². The van der Waals surface area contributed by atoms with Crippen LogP contribution in [0.5, 0.6) is 11.5 Å². The van der Waals surface area contributed by atoms with Crippen LogP contribution >= 0.6 is 0 Å². The van der Waals surface area contributed by atoms with Gasteiger partial charge in [-0.15, -0.1) is 0 Å². The highest BCUT2D eigenvalue weighted by molar-refractivity contribution is 5.84. The first-order valence-electron chi connectivity index (χ1n) is 8.22. The Bertz CT molecular complexity index is 648. The number of amides is 1. The average molecular weight is 334 g/mol. The van der Waals surface area contributed by atoms with E-state index in [0.29, 0.717) is 13.2 Å². The van der Waals surface area contributed by atoms with Gasteiger partial charge in [0, 0.05) is 19.6 Å². The molecular formula is C17H22N2O5. The molecular weight excluding hydrogens is 312 g/mol. The topological polar surface area (TPSA) is 69.0 Å². The Labute approximate surface area is 140 Å². The van der Waals surface area contributed by atoms with Crippen LogP contribution in [0.15, 0.2) is 18.2 Å². The van der Waals surface area contributed by atoms with E-state index in [1.807, 2.05) is 32.0 Å². The van der Waals surface area contributed by atoms with E-state index < -0.39 is 5.79 Å². The molecule has 0 spiro atoms. The van der Waals surface area contributed by atoms with Crippen molar-refractivity contribution in [2.24, 2.45) is 0 Å². The molecule has 0 bridgehead atoms. The highest BCUT2D eigenvalue weighted by Crippen LogP contribution is 2.33. The molecule has 130 valence electrons. The Hall–Kier alpha value is -1.83. The van der Waals surface area contributed by atoms with Crippen molar-refractivity contribution in [3.8, 4) is 11.5 Å². The minimum absolute atomic E-state index is 0.0454. The number of carbonyl (C=O) groups is 1. The van der Waals surface area contributed by atoms with E-state index >= 15 is 0 Å². The zero-order valence-corrected chi connectivity index (χ0v) is 13.9. The largest absolute Gasteiger partial charge is 0.454 e. The molecule has 2 saturated heterocycles. The number of hydrogen-bond acceptors (Lipinski definition) is 6. The van der Waals surface area contributed by atoms with Crippen LogP contribution in [0.1, 0.15) is 19.4 Å². The summed E-state index contributed by atoms with van der Waals surface area (Å²) in [7, 11) is 0. The van der Waals surface area contributed by atoms with Gasteiger partial charge in [-0.05, 0) is 31.5 Å². The molecule has 3 aliphatic heterocycles. The Kier molecular flexibility index (Phi) is 3.86. The predicted molar refractivity (Wildman–Crippen MR) is 84.7 cm³/mol. The summed E-state index contributed by atoms with van der Waals surface area (Å²) < 4.78 is 21.9. The Morgan fingerprint density at radius 1 is 1.33 bits per heavy atom. The van der Waals surface area contributed by atoms with E-state index in [1.54, 1.807) is 0 Å². The second kappa shape index (κ2) is 5.91. The van der Waals surface area contributed by atoms with Crippen molar-refractivity contribution in [2.45, 2.75) is 38.3 Å². The van der Waals surface area contributed by atoms with Gasteiger partial charge in [-0.25, -0.2) is 0 Å². The van der Waals surface area contributed by atoms with E-state index in [2.05, 4.69) is 10.2 Å². The number of benzene rings is 1. The fourth-order valence-corrected chi connectivity index (χ4v) is 3.07. The quantitative estimate of drug-likeness (QED) is 0.806. The highest BCUT2D eigenvalue weighted by atomic mass is 16.7. The van der Waals surface area contributed by atoms with Gasteiger partial charge in [-0.1, -0.05) is 6.07 Å². The van der Waals surface area contributed by atoms with Crippen molar-refractivity contribution in [1.82, 2.24) is 10.2 Å². The fraction of sp³-hybridized carbons (Fsp3) is 0.588. The lowest BCUT2D eigenvalue weighted by Gasteiger charge is -2.17. The van der Waals surface area contributed by atoms with Gasteiger partial charge in [0.2, 0.25) is 12.7 Å². The monoisotopic (exact) mass is 334 g/mol. The summed E-state index contributed by atoms with van der Waals surface area (Å²) in [4.78, 5) is 14.3. The number of fused-ring (bicyclic) bond motifs is 1. The zero-order chi connectivity index (χ0) is 16.7. The maximum absolute atomic E-state index is 12.2. The molecule has 1 aromatic carbocycles. The van der Waals surface area contributed by atoms with Gasteiger partial charge in [0.1, 0.15) is 12.1 Å². The van der Waals surface area contributed by atoms with Gasteiger partial charge in [-0.2, -0.15) is 0 Å². The predicted octanol–water partition coefficient (Wildman–Crippen LogP) is 0.867. The molecule has 2 fully saturated rings. The van der Waals surface area contributed by atoms with E-state index in [-0.39, 0.29) is 24.8 Å².